The van der Waals surface area contributed by atoms with Crippen LogP contribution < -0.4 is 4.74 Å². The third-order valence-corrected chi connectivity index (χ3v) is 4.33. The van der Waals surface area contributed by atoms with Gasteiger partial charge < -0.3 is 9.84 Å². The molecule has 0 spiro atoms. The molecular weight excluding hydrogens is 236 g/mol. The largest absolute Gasteiger partial charge is 0.488 e. The molecule has 1 N–H and O–H groups in total. The smallest absolute Gasteiger partial charge is 0.125 e. The van der Waals surface area contributed by atoms with Gasteiger partial charge in [0.15, 0.2) is 0 Å². The number of aryl methyl sites for hydroxylation is 2. The first kappa shape index (κ1) is 14.4. The lowest BCUT2D eigenvalue weighted by Crippen LogP contribution is -2.38. The quantitative estimate of drug-likeness (QED) is 0.888. The van der Waals surface area contributed by atoms with Crippen LogP contribution in [0.15, 0.2) is 18.2 Å². The van der Waals surface area contributed by atoms with Gasteiger partial charge in [-0.25, -0.2) is 0 Å². The Hall–Kier alpha value is -1.02. The fourth-order valence-corrected chi connectivity index (χ4v) is 2.95. The van der Waals surface area contributed by atoms with E-state index in [0.717, 1.165) is 25.0 Å². The van der Waals surface area contributed by atoms with Crippen LogP contribution in [-0.4, -0.2) is 17.3 Å². The number of hydrogen-bond acceptors (Lipinski definition) is 2. The molecule has 0 saturated heterocycles. The Bertz CT molecular complexity index is 414. The van der Waals surface area contributed by atoms with E-state index < -0.39 is 0 Å². The van der Waals surface area contributed by atoms with Gasteiger partial charge in [0.25, 0.3) is 0 Å². The molecule has 1 aliphatic carbocycles. The van der Waals surface area contributed by atoms with E-state index in [1.165, 1.54) is 24.0 Å². The van der Waals surface area contributed by atoms with E-state index in [4.69, 9.17) is 4.74 Å². The van der Waals surface area contributed by atoms with Crippen molar-refractivity contribution in [3.63, 3.8) is 0 Å². The Balaban J connectivity index is 2.01. The second kappa shape index (κ2) is 6.42. The highest BCUT2D eigenvalue weighted by Crippen LogP contribution is 2.31. The summed E-state index contributed by atoms with van der Waals surface area (Å²) in [4.78, 5) is 0. The molecule has 1 saturated carbocycles. The lowest BCUT2D eigenvalue weighted by molar-refractivity contribution is -0.0117. The van der Waals surface area contributed by atoms with Crippen LogP contribution in [0.5, 0.6) is 5.75 Å². The predicted octanol–water partition coefficient (Wildman–Crippen LogP) is 4.01. The van der Waals surface area contributed by atoms with Gasteiger partial charge in [0.1, 0.15) is 11.9 Å². The molecule has 1 aromatic rings. The molecule has 19 heavy (non-hydrogen) atoms. The third kappa shape index (κ3) is 3.73. The molecule has 1 aliphatic rings. The van der Waals surface area contributed by atoms with Crippen molar-refractivity contribution >= 4 is 0 Å². The van der Waals surface area contributed by atoms with Crippen molar-refractivity contribution in [3.05, 3.63) is 29.3 Å². The molecule has 3 atom stereocenters. The van der Waals surface area contributed by atoms with Crippen LogP contribution in [0, 0.1) is 19.8 Å². The average Bonchev–Trinajstić information content (AvgIpc) is 2.38. The van der Waals surface area contributed by atoms with E-state index in [1.54, 1.807) is 0 Å². The first-order valence-electron chi connectivity index (χ1n) is 7.52. The van der Waals surface area contributed by atoms with Crippen LogP contribution in [0.2, 0.25) is 0 Å². The monoisotopic (exact) mass is 262 g/mol. The summed E-state index contributed by atoms with van der Waals surface area (Å²) in [5, 5.41) is 10.1. The topological polar surface area (TPSA) is 29.5 Å². The number of benzene rings is 1. The van der Waals surface area contributed by atoms with Crippen molar-refractivity contribution in [1.82, 2.24) is 0 Å². The van der Waals surface area contributed by atoms with Crippen LogP contribution in [0.25, 0.3) is 0 Å². The molecule has 0 radical (unpaired) electrons. The minimum Gasteiger partial charge on any atom is -0.488 e. The summed E-state index contributed by atoms with van der Waals surface area (Å²) in [6.07, 6.45) is 5.13. The van der Waals surface area contributed by atoms with Gasteiger partial charge in [-0.05, 0) is 62.3 Å². The maximum Gasteiger partial charge on any atom is 0.125 e. The summed E-state index contributed by atoms with van der Waals surface area (Å²) in [5.41, 5.74) is 2.52. The number of ether oxygens (including phenoxy) is 1. The first-order chi connectivity index (χ1) is 9.10. The summed E-state index contributed by atoms with van der Waals surface area (Å²) in [7, 11) is 0. The van der Waals surface area contributed by atoms with Gasteiger partial charge in [-0.3, -0.25) is 0 Å². The van der Waals surface area contributed by atoms with Crippen molar-refractivity contribution in [2.24, 2.45) is 5.92 Å². The molecular formula is C17H26O2. The number of aliphatic hydroxyl groups is 1. The molecule has 1 fully saturated rings. The molecule has 0 amide bonds. The fraction of sp³-hybridized carbons (Fsp3) is 0.647. The first-order valence-corrected chi connectivity index (χ1v) is 7.52. The van der Waals surface area contributed by atoms with E-state index in [9.17, 15) is 5.11 Å². The maximum absolute atomic E-state index is 10.1. The summed E-state index contributed by atoms with van der Waals surface area (Å²) in [5.74, 6) is 1.61. The summed E-state index contributed by atoms with van der Waals surface area (Å²) < 4.78 is 6.03. The highest BCUT2D eigenvalue weighted by Gasteiger charge is 2.30. The standard InChI is InChI=1S/C17H26O2/c1-4-5-14-7-9-16(18)17(11-14)19-15-8-6-12(2)13(3)10-15/h6,8,10,14,16-18H,4-5,7,9,11H2,1-3H3. The van der Waals surface area contributed by atoms with Crippen LogP contribution in [-0.2, 0) is 0 Å². The molecule has 2 heteroatoms. The van der Waals surface area contributed by atoms with Gasteiger partial charge in [-0.15, -0.1) is 0 Å². The van der Waals surface area contributed by atoms with Crippen LogP contribution in [0.4, 0.5) is 0 Å². The van der Waals surface area contributed by atoms with Crippen molar-refractivity contribution in [1.29, 1.82) is 0 Å². The Labute approximate surface area is 116 Å². The third-order valence-electron chi connectivity index (χ3n) is 4.33. The lowest BCUT2D eigenvalue weighted by atomic mass is 9.83. The minimum absolute atomic E-state index is 0.0348. The van der Waals surface area contributed by atoms with Crippen molar-refractivity contribution < 1.29 is 9.84 Å². The van der Waals surface area contributed by atoms with Gasteiger partial charge in [-0.1, -0.05) is 25.8 Å². The van der Waals surface area contributed by atoms with Gasteiger partial charge >= 0.3 is 0 Å². The Kier molecular flexibility index (Phi) is 4.87. The molecule has 3 unspecified atom stereocenters. The van der Waals surface area contributed by atoms with Gasteiger partial charge in [0.05, 0.1) is 6.10 Å². The molecule has 0 aromatic heterocycles. The summed E-state index contributed by atoms with van der Waals surface area (Å²) >= 11 is 0. The van der Waals surface area contributed by atoms with E-state index >= 15 is 0 Å². The maximum atomic E-state index is 10.1. The van der Waals surface area contributed by atoms with Crippen LogP contribution >= 0.6 is 0 Å². The molecule has 0 bridgehead atoms. The predicted molar refractivity (Wildman–Crippen MR) is 78.6 cm³/mol. The van der Waals surface area contributed by atoms with E-state index in [2.05, 4.69) is 32.9 Å². The summed E-state index contributed by atoms with van der Waals surface area (Å²) in [6, 6.07) is 6.17. The SMILES string of the molecule is CCCC1CCC(O)C(Oc2ccc(C)c(C)c2)C1. The second-order valence-electron chi connectivity index (χ2n) is 5.94. The molecule has 2 rings (SSSR count). The number of hydrogen-bond donors (Lipinski definition) is 1. The second-order valence-corrected chi connectivity index (χ2v) is 5.94. The molecule has 0 heterocycles. The summed E-state index contributed by atoms with van der Waals surface area (Å²) in [6.45, 7) is 6.43. The van der Waals surface area contributed by atoms with Crippen molar-refractivity contribution in [3.8, 4) is 5.75 Å². The molecule has 0 aliphatic heterocycles. The van der Waals surface area contributed by atoms with E-state index in [1.807, 2.05) is 6.07 Å². The van der Waals surface area contributed by atoms with Crippen molar-refractivity contribution in [2.45, 2.75) is 65.1 Å². The van der Waals surface area contributed by atoms with Gasteiger partial charge in [-0.2, -0.15) is 0 Å². The highest BCUT2D eigenvalue weighted by atomic mass is 16.5. The lowest BCUT2D eigenvalue weighted by Gasteiger charge is -2.33. The van der Waals surface area contributed by atoms with Crippen LogP contribution in [0.1, 0.15) is 50.2 Å². The normalized spacial score (nSPS) is 27.3. The molecule has 1 aromatic carbocycles. The Morgan fingerprint density at radius 1 is 1.21 bits per heavy atom. The zero-order chi connectivity index (χ0) is 13.8. The van der Waals surface area contributed by atoms with Gasteiger partial charge in [0, 0.05) is 0 Å². The van der Waals surface area contributed by atoms with E-state index in [-0.39, 0.29) is 12.2 Å². The van der Waals surface area contributed by atoms with Gasteiger partial charge in [0.2, 0.25) is 0 Å². The average molecular weight is 262 g/mol. The number of aliphatic hydroxyl groups excluding tert-OH is 1. The molecule has 2 nitrogen and oxygen atoms in total. The highest BCUT2D eigenvalue weighted by molar-refractivity contribution is 5.34. The number of rotatable bonds is 4. The van der Waals surface area contributed by atoms with E-state index in [0.29, 0.717) is 5.92 Å². The van der Waals surface area contributed by atoms with Crippen LogP contribution in [0.3, 0.4) is 0 Å². The Morgan fingerprint density at radius 3 is 2.68 bits per heavy atom. The van der Waals surface area contributed by atoms with Crippen molar-refractivity contribution in [2.75, 3.05) is 0 Å². The minimum atomic E-state index is -0.310. The zero-order valence-corrected chi connectivity index (χ0v) is 12.4. The zero-order valence-electron chi connectivity index (χ0n) is 12.4. The fourth-order valence-electron chi connectivity index (χ4n) is 2.95. The molecule has 106 valence electrons. The Morgan fingerprint density at radius 2 is 2.00 bits per heavy atom.